The molecule has 1 unspecified atom stereocenters. The Hall–Kier alpha value is -1.06. The van der Waals surface area contributed by atoms with Crippen molar-refractivity contribution in [3.05, 3.63) is 29.3 Å². The van der Waals surface area contributed by atoms with E-state index in [-0.39, 0.29) is 11.5 Å². The molecule has 0 heterocycles. The van der Waals surface area contributed by atoms with Gasteiger partial charge in [-0.05, 0) is 30.5 Å². The zero-order valence-corrected chi connectivity index (χ0v) is 12.9. The van der Waals surface area contributed by atoms with Crippen molar-refractivity contribution < 1.29 is 4.74 Å². The van der Waals surface area contributed by atoms with Gasteiger partial charge in [0.05, 0.1) is 7.11 Å². The third-order valence-electron chi connectivity index (χ3n) is 3.48. The standard InChI is InChI=1S/C16H28N2O/c1-6-13-9-14(7-8-15(13)19-5)16(3,4)11-18-10-12(2)17/h7-9,12,18H,6,10-11,17H2,1-5H3. The molecule has 1 aromatic rings. The fourth-order valence-electron chi connectivity index (χ4n) is 2.19. The lowest BCUT2D eigenvalue weighted by molar-refractivity contribution is 0.408. The Morgan fingerprint density at radius 2 is 2.05 bits per heavy atom. The summed E-state index contributed by atoms with van der Waals surface area (Å²) in [5.41, 5.74) is 8.45. The van der Waals surface area contributed by atoms with Gasteiger partial charge in [-0.25, -0.2) is 0 Å². The highest BCUT2D eigenvalue weighted by Gasteiger charge is 2.21. The quantitative estimate of drug-likeness (QED) is 0.795. The van der Waals surface area contributed by atoms with Crippen molar-refractivity contribution in [1.29, 1.82) is 0 Å². The second-order valence-electron chi connectivity index (χ2n) is 5.87. The smallest absolute Gasteiger partial charge is 0.122 e. The molecule has 0 aromatic heterocycles. The third-order valence-corrected chi connectivity index (χ3v) is 3.48. The second-order valence-corrected chi connectivity index (χ2v) is 5.87. The first kappa shape index (κ1) is 16.0. The number of methoxy groups -OCH3 is 1. The molecule has 3 nitrogen and oxygen atoms in total. The lowest BCUT2D eigenvalue weighted by Gasteiger charge is -2.27. The van der Waals surface area contributed by atoms with Crippen LogP contribution < -0.4 is 15.8 Å². The summed E-state index contributed by atoms with van der Waals surface area (Å²) in [7, 11) is 1.73. The first-order chi connectivity index (χ1) is 8.90. The van der Waals surface area contributed by atoms with Gasteiger partial charge in [0.25, 0.3) is 0 Å². The molecule has 0 radical (unpaired) electrons. The van der Waals surface area contributed by atoms with Crippen LogP contribution in [-0.4, -0.2) is 26.2 Å². The molecule has 1 rings (SSSR count). The van der Waals surface area contributed by atoms with E-state index in [1.807, 2.05) is 6.92 Å². The molecule has 0 aliphatic heterocycles. The topological polar surface area (TPSA) is 47.3 Å². The molecule has 0 fully saturated rings. The van der Waals surface area contributed by atoms with Gasteiger partial charge in [-0.1, -0.05) is 32.9 Å². The van der Waals surface area contributed by atoms with Crippen LogP contribution in [0.25, 0.3) is 0 Å². The lowest BCUT2D eigenvalue weighted by atomic mass is 9.83. The zero-order valence-electron chi connectivity index (χ0n) is 12.9. The van der Waals surface area contributed by atoms with E-state index in [1.165, 1.54) is 11.1 Å². The third kappa shape index (κ3) is 4.51. The number of hydrogen-bond acceptors (Lipinski definition) is 3. The Labute approximate surface area is 117 Å². The van der Waals surface area contributed by atoms with Crippen LogP contribution >= 0.6 is 0 Å². The average molecular weight is 264 g/mol. The monoisotopic (exact) mass is 264 g/mol. The van der Waals surface area contributed by atoms with Crippen LogP contribution in [0.2, 0.25) is 0 Å². The molecule has 0 spiro atoms. The Morgan fingerprint density at radius 3 is 2.58 bits per heavy atom. The first-order valence-electron chi connectivity index (χ1n) is 7.04. The number of aryl methyl sites for hydroxylation is 1. The van der Waals surface area contributed by atoms with E-state index in [0.29, 0.717) is 0 Å². The summed E-state index contributed by atoms with van der Waals surface area (Å²) in [6, 6.07) is 6.68. The van der Waals surface area contributed by atoms with Crippen LogP contribution in [0.3, 0.4) is 0 Å². The zero-order chi connectivity index (χ0) is 14.5. The number of nitrogens with one attached hydrogen (secondary N) is 1. The largest absolute Gasteiger partial charge is 0.496 e. The van der Waals surface area contributed by atoms with Crippen LogP contribution in [-0.2, 0) is 11.8 Å². The fraction of sp³-hybridized carbons (Fsp3) is 0.625. The van der Waals surface area contributed by atoms with Crippen LogP contribution in [0.5, 0.6) is 5.75 Å². The van der Waals surface area contributed by atoms with Gasteiger partial charge < -0.3 is 15.8 Å². The number of ether oxygens (including phenoxy) is 1. The maximum absolute atomic E-state index is 5.76. The van der Waals surface area contributed by atoms with Crippen LogP contribution in [0, 0.1) is 0 Å². The molecule has 3 heteroatoms. The SMILES string of the molecule is CCc1cc(C(C)(C)CNCC(C)N)ccc1OC. The summed E-state index contributed by atoms with van der Waals surface area (Å²) in [6.07, 6.45) is 0.986. The van der Waals surface area contributed by atoms with E-state index in [4.69, 9.17) is 10.5 Å². The molecule has 19 heavy (non-hydrogen) atoms. The van der Waals surface area contributed by atoms with E-state index < -0.39 is 0 Å². The summed E-state index contributed by atoms with van der Waals surface area (Å²) in [6.45, 7) is 10.4. The highest BCUT2D eigenvalue weighted by Crippen LogP contribution is 2.28. The van der Waals surface area contributed by atoms with Crippen LogP contribution in [0.1, 0.15) is 38.8 Å². The van der Waals surface area contributed by atoms with E-state index in [9.17, 15) is 0 Å². The molecule has 0 saturated heterocycles. The summed E-state index contributed by atoms with van der Waals surface area (Å²) < 4.78 is 5.38. The Balaban J connectivity index is 2.82. The van der Waals surface area contributed by atoms with E-state index >= 15 is 0 Å². The van der Waals surface area contributed by atoms with E-state index in [0.717, 1.165) is 25.3 Å². The molecular formula is C16H28N2O. The molecule has 1 aromatic carbocycles. The van der Waals surface area contributed by atoms with Crippen molar-refractivity contribution in [2.75, 3.05) is 20.2 Å². The molecule has 108 valence electrons. The first-order valence-corrected chi connectivity index (χ1v) is 7.04. The van der Waals surface area contributed by atoms with Crippen LogP contribution in [0.4, 0.5) is 0 Å². The van der Waals surface area contributed by atoms with Gasteiger partial charge in [0, 0.05) is 24.5 Å². The van der Waals surface area contributed by atoms with Gasteiger partial charge >= 0.3 is 0 Å². The Kier molecular flexibility index (Phi) is 5.83. The van der Waals surface area contributed by atoms with Crippen molar-refractivity contribution >= 4 is 0 Å². The summed E-state index contributed by atoms with van der Waals surface area (Å²) >= 11 is 0. The maximum atomic E-state index is 5.76. The molecular weight excluding hydrogens is 236 g/mol. The van der Waals surface area contributed by atoms with Crippen molar-refractivity contribution in [2.45, 2.75) is 45.6 Å². The summed E-state index contributed by atoms with van der Waals surface area (Å²) in [5.74, 6) is 0.977. The minimum absolute atomic E-state index is 0.0884. The number of hydrogen-bond donors (Lipinski definition) is 2. The predicted octanol–water partition coefficient (Wildman–Crippen LogP) is 2.47. The number of benzene rings is 1. The molecule has 0 aliphatic carbocycles. The summed E-state index contributed by atoms with van der Waals surface area (Å²) in [4.78, 5) is 0. The van der Waals surface area contributed by atoms with Crippen molar-refractivity contribution in [2.24, 2.45) is 5.73 Å². The van der Waals surface area contributed by atoms with Gasteiger partial charge in [0.2, 0.25) is 0 Å². The average Bonchev–Trinajstić information content (AvgIpc) is 2.37. The van der Waals surface area contributed by atoms with Gasteiger partial charge in [-0.3, -0.25) is 0 Å². The van der Waals surface area contributed by atoms with Crippen molar-refractivity contribution in [3.63, 3.8) is 0 Å². The van der Waals surface area contributed by atoms with Gasteiger partial charge in [0.1, 0.15) is 5.75 Å². The van der Waals surface area contributed by atoms with E-state index in [2.05, 4.69) is 44.3 Å². The van der Waals surface area contributed by atoms with Crippen molar-refractivity contribution in [1.82, 2.24) is 5.32 Å². The minimum Gasteiger partial charge on any atom is -0.496 e. The predicted molar refractivity (Wildman–Crippen MR) is 81.9 cm³/mol. The highest BCUT2D eigenvalue weighted by atomic mass is 16.5. The molecule has 3 N–H and O–H groups in total. The minimum atomic E-state index is 0.0884. The van der Waals surface area contributed by atoms with Gasteiger partial charge in [-0.2, -0.15) is 0 Å². The molecule has 0 saturated carbocycles. The normalized spacial score (nSPS) is 13.4. The van der Waals surface area contributed by atoms with E-state index in [1.54, 1.807) is 7.11 Å². The van der Waals surface area contributed by atoms with Crippen molar-refractivity contribution in [3.8, 4) is 5.75 Å². The molecule has 0 aliphatic rings. The Bertz CT molecular complexity index is 400. The fourth-order valence-corrected chi connectivity index (χ4v) is 2.19. The van der Waals surface area contributed by atoms with Crippen LogP contribution in [0.15, 0.2) is 18.2 Å². The number of nitrogens with two attached hydrogens (primary N) is 1. The molecule has 1 atom stereocenters. The highest BCUT2D eigenvalue weighted by molar-refractivity contribution is 5.40. The number of rotatable bonds is 7. The lowest BCUT2D eigenvalue weighted by Crippen LogP contribution is -2.38. The summed E-state index contributed by atoms with van der Waals surface area (Å²) in [5, 5.41) is 3.43. The van der Waals surface area contributed by atoms with Gasteiger partial charge in [0.15, 0.2) is 0 Å². The molecule has 0 bridgehead atoms. The van der Waals surface area contributed by atoms with Gasteiger partial charge in [-0.15, -0.1) is 0 Å². The maximum Gasteiger partial charge on any atom is 0.122 e. The Morgan fingerprint density at radius 1 is 1.37 bits per heavy atom. The molecule has 0 amide bonds. The second kappa shape index (κ2) is 6.92.